The molecule has 7 nitrogen and oxygen atoms in total. The first-order valence-electron chi connectivity index (χ1n) is 6.47. The maximum Gasteiger partial charge on any atom is 0.356 e. The highest BCUT2D eigenvalue weighted by Gasteiger charge is 2.18. The summed E-state index contributed by atoms with van der Waals surface area (Å²) in [7, 11) is 0. The van der Waals surface area contributed by atoms with E-state index < -0.39 is 5.97 Å². The molecule has 3 rings (SSSR count). The van der Waals surface area contributed by atoms with E-state index in [1.807, 2.05) is 0 Å². The van der Waals surface area contributed by atoms with Crippen LogP contribution in [0.4, 0.5) is 5.69 Å². The molecule has 4 N–H and O–H groups in total. The Morgan fingerprint density at radius 3 is 2.68 bits per heavy atom. The summed E-state index contributed by atoms with van der Waals surface area (Å²) in [6.07, 6.45) is 1.68. The number of benzene rings is 1. The number of carboxylic acids is 1. The lowest BCUT2D eigenvalue weighted by molar-refractivity contribution is 0.0693. The number of aromatic carboxylic acids is 1. The number of nitrogen functional groups attached to an aromatic ring is 1. The number of nitrogens with two attached hydrogens (primary N) is 1. The van der Waals surface area contributed by atoms with Gasteiger partial charge in [-0.1, -0.05) is 0 Å². The van der Waals surface area contributed by atoms with Crippen molar-refractivity contribution in [1.82, 2.24) is 9.38 Å². The Kier molecular flexibility index (Phi) is 3.30. The van der Waals surface area contributed by atoms with Crippen molar-refractivity contribution in [3.63, 3.8) is 0 Å². The molecular weight excluding hydrogens is 286 g/mol. The number of nitrogens with zero attached hydrogens (tertiary/aromatic N) is 2. The summed E-state index contributed by atoms with van der Waals surface area (Å²) in [4.78, 5) is 15.4. The first-order chi connectivity index (χ1) is 10.6. The molecule has 0 bridgehead atoms. The molecule has 0 fully saturated rings. The number of anilines is 1. The Labute approximate surface area is 125 Å². The maximum absolute atomic E-state index is 11.3. The lowest BCUT2D eigenvalue weighted by atomic mass is 10.3. The van der Waals surface area contributed by atoms with Gasteiger partial charge < -0.3 is 20.7 Å². The summed E-state index contributed by atoms with van der Waals surface area (Å²) in [6, 6.07) is 9.54. The van der Waals surface area contributed by atoms with Crippen LogP contribution in [0.2, 0.25) is 0 Å². The third-order valence-corrected chi connectivity index (χ3v) is 3.18. The van der Waals surface area contributed by atoms with Gasteiger partial charge in [0.15, 0.2) is 11.5 Å². The van der Waals surface area contributed by atoms with Gasteiger partial charge in [-0.05, 0) is 36.4 Å². The monoisotopic (exact) mass is 299 g/mol. The summed E-state index contributed by atoms with van der Waals surface area (Å²) < 4.78 is 7.16. The number of phenolic OH excluding ortho intramolecular Hbond substituents is 1. The average Bonchev–Trinajstić information content (AvgIpc) is 2.87. The zero-order valence-corrected chi connectivity index (χ0v) is 11.4. The zero-order chi connectivity index (χ0) is 15.7. The topological polar surface area (TPSA) is 110 Å². The third-order valence-electron chi connectivity index (χ3n) is 3.18. The van der Waals surface area contributed by atoms with E-state index in [4.69, 9.17) is 10.5 Å². The molecule has 0 aliphatic heterocycles. The molecule has 0 radical (unpaired) electrons. The molecule has 1 aromatic carbocycles. The second kappa shape index (κ2) is 5.28. The molecule has 0 unspecified atom stereocenters. The number of carbonyl (C=O) groups is 1. The molecule has 112 valence electrons. The van der Waals surface area contributed by atoms with E-state index in [1.165, 1.54) is 12.1 Å². The van der Waals surface area contributed by atoms with E-state index >= 15 is 0 Å². The van der Waals surface area contributed by atoms with Gasteiger partial charge in [-0.25, -0.2) is 9.78 Å². The third kappa shape index (κ3) is 2.39. The molecule has 22 heavy (non-hydrogen) atoms. The van der Waals surface area contributed by atoms with Gasteiger partial charge in [-0.2, -0.15) is 0 Å². The van der Waals surface area contributed by atoms with Gasteiger partial charge in [0.25, 0.3) is 0 Å². The lowest BCUT2D eigenvalue weighted by Gasteiger charge is -2.06. The fourth-order valence-electron chi connectivity index (χ4n) is 2.17. The van der Waals surface area contributed by atoms with Crippen LogP contribution in [0.15, 0.2) is 42.6 Å². The Balaban J connectivity index is 1.95. The highest BCUT2D eigenvalue weighted by molar-refractivity contribution is 5.97. The minimum Gasteiger partial charge on any atom is -0.508 e. The molecular formula is C15H13N3O4. The van der Waals surface area contributed by atoms with Crippen LogP contribution in [0.1, 0.15) is 16.3 Å². The van der Waals surface area contributed by atoms with Crippen molar-refractivity contribution in [2.24, 2.45) is 0 Å². The Morgan fingerprint density at radius 1 is 1.27 bits per heavy atom. The molecule has 2 heterocycles. The first kappa shape index (κ1) is 13.7. The van der Waals surface area contributed by atoms with Crippen molar-refractivity contribution in [2.75, 3.05) is 5.73 Å². The number of pyridine rings is 1. The van der Waals surface area contributed by atoms with E-state index in [-0.39, 0.29) is 18.1 Å². The number of rotatable bonds is 4. The zero-order valence-electron chi connectivity index (χ0n) is 11.4. The van der Waals surface area contributed by atoms with Gasteiger partial charge >= 0.3 is 5.97 Å². The largest absolute Gasteiger partial charge is 0.508 e. The van der Waals surface area contributed by atoms with Gasteiger partial charge in [0.2, 0.25) is 0 Å². The van der Waals surface area contributed by atoms with E-state index in [0.717, 1.165) is 0 Å². The molecule has 2 aromatic heterocycles. The van der Waals surface area contributed by atoms with Crippen LogP contribution in [0.25, 0.3) is 5.52 Å². The Bertz CT molecular complexity index is 840. The number of hydrogen-bond acceptors (Lipinski definition) is 5. The van der Waals surface area contributed by atoms with Crippen molar-refractivity contribution in [3.05, 3.63) is 54.1 Å². The van der Waals surface area contributed by atoms with E-state index in [1.54, 1.807) is 34.9 Å². The minimum absolute atomic E-state index is 0.0721. The molecule has 0 saturated carbocycles. The van der Waals surface area contributed by atoms with Crippen LogP contribution in [0, 0.1) is 0 Å². The summed E-state index contributed by atoms with van der Waals surface area (Å²) >= 11 is 0. The number of carboxylic acid groups (broad SMARTS) is 1. The average molecular weight is 299 g/mol. The van der Waals surface area contributed by atoms with Crippen LogP contribution in [-0.2, 0) is 6.61 Å². The number of aromatic hydroxyl groups is 1. The smallest absolute Gasteiger partial charge is 0.356 e. The molecule has 7 heteroatoms. The highest BCUT2D eigenvalue weighted by Crippen LogP contribution is 2.22. The highest BCUT2D eigenvalue weighted by atomic mass is 16.5. The van der Waals surface area contributed by atoms with Gasteiger partial charge in [-0.3, -0.25) is 4.40 Å². The van der Waals surface area contributed by atoms with Crippen molar-refractivity contribution < 1.29 is 19.7 Å². The second-order valence-corrected chi connectivity index (χ2v) is 4.65. The van der Waals surface area contributed by atoms with Crippen molar-refractivity contribution >= 4 is 17.2 Å². The van der Waals surface area contributed by atoms with E-state index in [0.29, 0.717) is 22.8 Å². The number of fused-ring (bicyclic) bond motifs is 1. The molecule has 0 spiro atoms. The van der Waals surface area contributed by atoms with Crippen LogP contribution < -0.4 is 10.5 Å². The molecule has 0 saturated heterocycles. The standard InChI is InChI=1S/C15H13N3O4/c16-11-2-1-7-18-12(17-13(14(11)18)15(20)21)8-22-10-5-3-9(19)4-6-10/h1-7,19H,8,16H2,(H,20,21). The first-order valence-corrected chi connectivity index (χ1v) is 6.47. The van der Waals surface area contributed by atoms with Gasteiger partial charge in [0.05, 0.1) is 5.69 Å². The SMILES string of the molecule is Nc1cccn2c(COc3ccc(O)cc3)nc(C(=O)O)c12. The minimum atomic E-state index is -1.15. The predicted octanol–water partition coefficient (Wildman–Crippen LogP) is 1.90. The number of ether oxygens (including phenoxy) is 1. The maximum atomic E-state index is 11.3. The summed E-state index contributed by atoms with van der Waals surface area (Å²) in [5.41, 5.74) is 6.41. The number of hydrogen-bond donors (Lipinski definition) is 3. The number of phenols is 1. The van der Waals surface area contributed by atoms with E-state index in [9.17, 15) is 15.0 Å². The number of aromatic nitrogens is 2. The summed E-state index contributed by atoms with van der Waals surface area (Å²) in [5, 5.41) is 18.5. The van der Waals surface area contributed by atoms with Crippen molar-refractivity contribution in [1.29, 1.82) is 0 Å². The second-order valence-electron chi connectivity index (χ2n) is 4.65. The van der Waals surface area contributed by atoms with E-state index in [2.05, 4.69) is 4.98 Å². The van der Waals surface area contributed by atoms with Crippen LogP contribution in [-0.4, -0.2) is 25.6 Å². The van der Waals surface area contributed by atoms with Crippen LogP contribution in [0.3, 0.4) is 0 Å². The Morgan fingerprint density at radius 2 is 2.00 bits per heavy atom. The predicted molar refractivity (Wildman–Crippen MR) is 79.0 cm³/mol. The molecule has 0 aliphatic carbocycles. The molecule has 0 aliphatic rings. The van der Waals surface area contributed by atoms with Gasteiger partial charge in [-0.15, -0.1) is 0 Å². The lowest BCUT2D eigenvalue weighted by Crippen LogP contribution is -2.01. The quantitative estimate of drug-likeness (QED) is 0.678. The van der Waals surface area contributed by atoms with Crippen molar-refractivity contribution in [3.8, 4) is 11.5 Å². The molecule has 3 aromatic rings. The normalized spacial score (nSPS) is 10.7. The fraction of sp³-hybridized carbons (Fsp3) is 0.0667. The molecule has 0 amide bonds. The fourth-order valence-corrected chi connectivity index (χ4v) is 2.17. The van der Waals surface area contributed by atoms with Gasteiger partial charge in [0.1, 0.15) is 23.6 Å². The van der Waals surface area contributed by atoms with Crippen LogP contribution in [0.5, 0.6) is 11.5 Å². The van der Waals surface area contributed by atoms with Crippen molar-refractivity contribution in [2.45, 2.75) is 6.61 Å². The van der Waals surface area contributed by atoms with Gasteiger partial charge in [0, 0.05) is 6.20 Å². The number of imidazole rings is 1. The Hall–Kier alpha value is -3.22. The summed E-state index contributed by atoms with van der Waals surface area (Å²) in [6.45, 7) is 0.0721. The van der Waals surface area contributed by atoms with Crippen LogP contribution >= 0.6 is 0 Å². The molecule has 0 atom stereocenters. The summed E-state index contributed by atoms with van der Waals surface area (Å²) in [5.74, 6) is -0.0473.